The minimum Gasteiger partial charge on any atom is -0.479 e. The Balaban J connectivity index is 2.47. The van der Waals surface area contributed by atoms with Crippen molar-refractivity contribution in [2.75, 3.05) is 30.5 Å². The second-order valence-electron chi connectivity index (χ2n) is 3.44. The van der Waals surface area contributed by atoms with Crippen molar-refractivity contribution in [3.63, 3.8) is 0 Å². The zero-order valence-corrected chi connectivity index (χ0v) is 10.3. The fourth-order valence-electron chi connectivity index (χ4n) is 1.20. The number of nitrogens with two attached hydrogens (primary N) is 2. The number of methoxy groups -OCH3 is 1. The number of nitrogens with one attached hydrogen (secondary N) is 1. The van der Waals surface area contributed by atoms with Gasteiger partial charge in [-0.05, 0) is 18.6 Å². The molecule has 0 saturated carbocycles. The first-order valence-electron chi connectivity index (χ1n) is 4.97. The monoisotopic (exact) mass is 260 g/mol. The molecule has 1 aromatic heterocycles. The number of pyridine rings is 1. The molecule has 0 saturated heterocycles. The molecule has 7 nitrogen and oxygen atoms in total. The lowest BCUT2D eigenvalue weighted by molar-refractivity contribution is 0.401. The van der Waals surface area contributed by atoms with Crippen LogP contribution in [0.25, 0.3) is 0 Å². The summed E-state index contributed by atoms with van der Waals surface area (Å²) in [6.07, 6.45) is 0.410. The number of aromatic nitrogens is 1. The first kappa shape index (κ1) is 13.5. The van der Waals surface area contributed by atoms with Gasteiger partial charge in [-0.3, -0.25) is 0 Å². The van der Waals surface area contributed by atoms with Crippen molar-refractivity contribution < 1.29 is 13.2 Å². The van der Waals surface area contributed by atoms with Crippen molar-refractivity contribution >= 4 is 21.5 Å². The highest BCUT2D eigenvalue weighted by molar-refractivity contribution is 7.89. The van der Waals surface area contributed by atoms with E-state index in [1.165, 1.54) is 7.11 Å². The quantitative estimate of drug-likeness (QED) is 0.607. The van der Waals surface area contributed by atoms with E-state index in [1.54, 1.807) is 12.1 Å². The van der Waals surface area contributed by atoms with Crippen LogP contribution < -0.4 is 20.9 Å². The topological polar surface area (TPSA) is 120 Å². The van der Waals surface area contributed by atoms with Gasteiger partial charge in [0.05, 0.1) is 18.6 Å². The Morgan fingerprint density at radius 2 is 2.18 bits per heavy atom. The molecule has 0 amide bonds. The molecule has 0 spiro atoms. The minimum atomic E-state index is -3.40. The van der Waals surface area contributed by atoms with E-state index in [1.807, 2.05) is 0 Å². The van der Waals surface area contributed by atoms with Gasteiger partial charge in [-0.15, -0.1) is 0 Å². The van der Waals surface area contributed by atoms with Gasteiger partial charge in [-0.25, -0.2) is 13.6 Å². The van der Waals surface area contributed by atoms with Crippen molar-refractivity contribution in [1.29, 1.82) is 0 Å². The van der Waals surface area contributed by atoms with Crippen LogP contribution in [0, 0.1) is 0 Å². The molecule has 0 unspecified atom stereocenters. The molecule has 0 atom stereocenters. The van der Waals surface area contributed by atoms with Gasteiger partial charge >= 0.3 is 0 Å². The van der Waals surface area contributed by atoms with Gasteiger partial charge in [0.25, 0.3) is 0 Å². The van der Waals surface area contributed by atoms with Crippen LogP contribution in [-0.4, -0.2) is 32.8 Å². The molecule has 0 fully saturated rings. The molecule has 0 aromatic carbocycles. The van der Waals surface area contributed by atoms with Crippen molar-refractivity contribution in [3.05, 3.63) is 12.1 Å². The molecule has 8 heteroatoms. The summed E-state index contributed by atoms with van der Waals surface area (Å²) < 4.78 is 26.3. The number of hydrogen-bond acceptors (Lipinski definition) is 6. The fourth-order valence-corrected chi connectivity index (χ4v) is 1.75. The van der Waals surface area contributed by atoms with E-state index in [9.17, 15) is 8.42 Å². The third-order valence-corrected chi connectivity index (χ3v) is 2.85. The molecule has 1 heterocycles. The summed E-state index contributed by atoms with van der Waals surface area (Å²) in [5.74, 6) is 0.846. The number of rotatable bonds is 6. The summed E-state index contributed by atoms with van der Waals surface area (Å²) in [6.45, 7) is 0.455. The average Bonchev–Trinajstić information content (AvgIpc) is 2.25. The van der Waals surface area contributed by atoms with Crippen LogP contribution in [0.3, 0.4) is 0 Å². The Morgan fingerprint density at radius 1 is 1.47 bits per heavy atom. The van der Waals surface area contributed by atoms with Crippen LogP contribution in [0.15, 0.2) is 12.1 Å². The lowest BCUT2D eigenvalue weighted by Crippen LogP contribution is -2.18. The van der Waals surface area contributed by atoms with Gasteiger partial charge in [-0.2, -0.15) is 4.98 Å². The van der Waals surface area contributed by atoms with E-state index in [4.69, 9.17) is 15.6 Å². The maximum Gasteiger partial charge on any atom is 0.238 e. The Labute approximate surface area is 100 Å². The lowest BCUT2D eigenvalue weighted by Gasteiger charge is -2.08. The smallest absolute Gasteiger partial charge is 0.238 e. The van der Waals surface area contributed by atoms with Crippen LogP contribution in [0.2, 0.25) is 0 Å². The Hall–Kier alpha value is -1.54. The van der Waals surface area contributed by atoms with Crippen molar-refractivity contribution in [3.8, 4) is 5.88 Å². The molecule has 0 radical (unpaired) electrons. The summed E-state index contributed by atoms with van der Waals surface area (Å²) in [5, 5.41) is 7.83. The highest BCUT2D eigenvalue weighted by atomic mass is 32.2. The van der Waals surface area contributed by atoms with Gasteiger partial charge in [0.2, 0.25) is 15.9 Å². The van der Waals surface area contributed by atoms with E-state index < -0.39 is 10.0 Å². The summed E-state index contributed by atoms with van der Waals surface area (Å²) in [6, 6.07) is 3.35. The van der Waals surface area contributed by atoms with Gasteiger partial charge in [-0.1, -0.05) is 0 Å². The van der Waals surface area contributed by atoms with Gasteiger partial charge in [0.1, 0.15) is 5.82 Å². The molecular formula is C9H16N4O3S. The van der Waals surface area contributed by atoms with E-state index in [2.05, 4.69) is 10.3 Å². The molecule has 0 aliphatic carbocycles. The van der Waals surface area contributed by atoms with E-state index in [-0.39, 0.29) is 5.75 Å². The van der Waals surface area contributed by atoms with Gasteiger partial charge < -0.3 is 15.8 Å². The molecule has 5 N–H and O–H groups in total. The molecule has 1 rings (SSSR count). The third-order valence-electron chi connectivity index (χ3n) is 1.99. The maximum absolute atomic E-state index is 10.7. The van der Waals surface area contributed by atoms with Crippen molar-refractivity contribution in [2.24, 2.45) is 5.14 Å². The highest BCUT2D eigenvalue weighted by Gasteiger charge is 2.04. The molecule has 17 heavy (non-hydrogen) atoms. The largest absolute Gasteiger partial charge is 0.479 e. The zero-order valence-electron chi connectivity index (χ0n) is 9.51. The average molecular weight is 260 g/mol. The first-order chi connectivity index (χ1) is 7.92. The predicted molar refractivity (Wildman–Crippen MR) is 66.3 cm³/mol. The summed E-state index contributed by atoms with van der Waals surface area (Å²) in [5.41, 5.74) is 6.05. The fraction of sp³-hybridized carbons (Fsp3) is 0.444. The van der Waals surface area contributed by atoms with E-state index in [0.717, 1.165) is 0 Å². The number of primary sulfonamides is 1. The molecule has 1 aromatic rings. The third kappa shape index (κ3) is 4.87. The molecular weight excluding hydrogens is 244 g/mol. The van der Waals surface area contributed by atoms with E-state index in [0.29, 0.717) is 30.4 Å². The Morgan fingerprint density at radius 3 is 2.76 bits per heavy atom. The summed E-state index contributed by atoms with van der Waals surface area (Å²) in [4.78, 5) is 4.09. The highest BCUT2D eigenvalue weighted by Crippen LogP contribution is 2.19. The van der Waals surface area contributed by atoms with Crippen molar-refractivity contribution in [2.45, 2.75) is 6.42 Å². The number of hydrogen-bond donors (Lipinski definition) is 3. The van der Waals surface area contributed by atoms with Crippen LogP contribution in [-0.2, 0) is 10.0 Å². The Bertz CT molecular complexity index is 475. The Kier molecular flexibility index (Phi) is 4.53. The van der Waals surface area contributed by atoms with E-state index >= 15 is 0 Å². The number of nitrogen functional groups attached to an aromatic ring is 1. The minimum absolute atomic E-state index is 0.0634. The number of anilines is 2. The van der Waals surface area contributed by atoms with Crippen LogP contribution in [0.4, 0.5) is 11.5 Å². The van der Waals surface area contributed by atoms with Crippen LogP contribution in [0.1, 0.15) is 6.42 Å². The summed E-state index contributed by atoms with van der Waals surface area (Å²) >= 11 is 0. The van der Waals surface area contributed by atoms with Crippen LogP contribution >= 0.6 is 0 Å². The zero-order chi connectivity index (χ0) is 12.9. The molecule has 96 valence electrons. The van der Waals surface area contributed by atoms with Gasteiger partial charge in [0.15, 0.2) is 0 Å². The standard InChI is InChI=1S/C9H16N4O3S/c1-16-9-7(10)3-4-8(13-9)12-5-2-6-17(11,14)15/h3-4H,2,5-6,10H2,1H3,(H,12,13)(H2,11,14,15). The predicted octanol–water partition coefficient (Wildman–Crippen LogP) is -0.237. The lowest BCUT2D eigenvalue weighted by atomic mass is 10.4. The number of sulfonamides is 1. The van der Waals surface area contributed by atoms with Crippen LogP contribution in [0.5, 0.6) is 5.88 Å². The number of nitrogens with zero attached hydrogens (tertiary/aromatic N) is 1. The number of ether oxygens (including phenoxy) is 1. The summed E-state index contributed by atoms with van der Waals surface area (Å²) in [7, 11) is -1.93. The molecule has 0 aliphatic heterocycles. The molecule has 0 aliphatic rings. The van der Waals surface area contributed by atoms with Gasteiger partial charge in [0, 0.05) is 6.54 Å². The first-order valence-corrected chi connectivity index (χ1v) is 6.69. The normalized spacial score (nSPS) is 11.2. The second kappa shape index (κ2) is 5.69. The van der Waals surface area contributed by atoms with Crippen molar-refractivity contribution in [1.82, 2.24) is 4.98 Å². The SMILES string of the molecule is COc1nc(NCCCS(N)(=O)=O)ccc1N. The second-order valence-corrected chi connectivity index (χ2v) is 5.18. The molecule has 0 bridgehead atoms. The maximum atomic E-state index is 10.7.